The number of amides is 1. The summed E-state index contributed by atoms with van der Waals surface area (Å²) in [5.41, 5.74) is 0.987. The Labute approximate surface area is 141 Å². The molecule has 0 atom stereocenters. The number of aromatic amines is 1. The van der Waals surface area contributed by atoms with Crippen LogP contribution in [-0.4, -0.2) is 78.7 Å². The summed E-state index contributed by atoms with van der Waals surface area (Å²) in [5.74, 6) is -1.00. The fraction of sp³-hybridized carbons (Fsp3) is 0.643. The molecule has 9 nitrogen and oxygen atoms in total. The summed E-state index contributed by atoms with van der Waals surface area (Å²) in [7, 11) is -3.24. The summed E-state index contributed by atoms with van der Waals surface area (Å²) in [4.78, 5) is 25.4. The highest BCUT2D eigenvalue weighted by atomic mass is 32.2. The van der Waals surface area contributed by atoms with Gasteiger partial charge in [0.05, 0.1) is 6.26 Å². The number of esters is 1. The van der Waals surface area contributed by atoms with Gasteiger partial charge in [0.25, 0.3) is 5.91 Å². The molecule has 0 bridgehead atoms. The molecular weight excluding hydrogens is 336 g/mol. The zero-order valence-electron chi connectivity index (χ0n) is 13.8. The van der Waals surface area contributed by atoms with Crippen molar-refractivity contribution in [3.05, 3.63) is 17.5 Å². The van der Waals surface area contributed by atoms with Gasteiger partial charge in [-0.1, -0.05) is 13.3 Å². The first-order chi connectivity index (χ1) is 11.3. The Balaban J connectivity index is 1.79. The van der Waals surface area contributed by atoms with Crippen molar-refractivity contribution in [3.8, 4) is 0 Å². The molecule has 0 aromatic carbocycles. The van der Waals surface area contributed by atoms with E-state index in [1.807, 2.05) is 6.92 Å². The first-order valence-electron chi connectivity index (χ1n) is 7.75. The fourth-order valence-electron chi connectivity index (χ4n) is 2.43. The number of piperazine rings is 1. The Kier molecular flexibility index (Phi) is 5.94. The number of H-pyrrole nitrogens is 1. The number of nitrogens with zero attached hydrogens (tertiary/aromatic N) is 3. The molecule has 1 amide bonds. The largest absolute Gasteiger partial charge is 0.451 e. The van der Waals surface area contributed by atoms with Crippen LogP contribution in [0.1, 0.15) is 29.5 Å². The van der Waals surface area contributed by atoms with E-state index >= 15 is 0 Å². The van der Waals surface area contributed by atoms with Crippen molar-refractivity contribution in [3.63, 3.8) is 0 Å². The summed E-state index contributed by atoms with van der Waals surface area (Å²) in [6, 6.07) is 1.61. The lowest BCUT2D eigenvalue weighted by Gasteiger charge is -2.33. The van der Waals surface area contributed by atoms with Crippen LogP contribution >= 0.6 is 0 Å². The topological polar surface area (TPSA) is 113 Å². The first kappa shape index (κ1) is 18.4. The number of sulfonamides is 1. The minimum Gasteiger partial charge on any atom is -0.451 e. The van der Waals surface area contributed by atoms with Gasteiger partial charge >= 0.3 is 5.97 Å². The number of rotatable bonds is 6. The number of hydrogen-bond donors (Lipinski definition) is 1. The van der Waals surface area contributed by atoms with E-state index in [4.69, 9.17) is 4.74 Å². The second kappa shape index (κ2) is 7.75. The summed E-state index contributed by atoms with van der Waals surface area (Å²) in [6.45, 7) is 2.70. The second-order valence-electron chi connectivity index (χ2n) is 5.65. The fourth-order valence-corrected chi connectivity index (χ4v) is 3.25. The highest BCUT2D eigenvalue weighted by molar-refractivity contribution is 7.88. The maximum Gasteiger partial charge on any atom is 0.359 e. The van der Waals surface area contributed by atoms with Gasteiger partial charge in [0.1, 0.15) is 0 Å². The van der Waals surface area contributed by atoms with Crippen LogP contribution in [0.4, 0.5) is 0 Å². The number of carbonyl (C=O) groups is 2. The maximum atomic E-state index is 12.1. The Hall–Kier alpha value is -1.94. The predicted octanol–water partition coefficient (Wildman–Crippen LogP) is -0.377. The van der Waals surface area contributed by atoms with Gasteiger partial charge < -0.3 is 9.64 Å². The molecule has 24 heavy (non-hydrogen) atoms. The molecule has 1 fully saturated rings. The third-order valence-electron chi connectivity index (χ3n) is 3.75. The highest BCUT2D eigenvalue weighted by Crippen LogP contribution is 2.08. The molecule has 0 unspecified atom stereocenters. The van der Waals surface area contributed by atoms with E-state index in [0.717, 1.165) is 24.8 Å². The van der Waals surface area contributed by atoms with Crippen molar-refractivity contribution < 1.29 is 22.7 Å². The standard InChI is InChI=1S/C14H22N4O5S/c1-3-4-11-9-12(16-15-11)14(20)23-10-13(19)17-5-7-18(8-6-17)24(2,21)22/h9H,3-8,10H2,1-2H3,(H,15,16). The molecule has 0 saturated carbocycles. The predicted molar refractivity (Wildman–Crippen MR) is 85.9 cm³/mol. The molecule has 10 heteroatoms. The average Bonchev–Trinajstić information content (AvgIpc) is 3.00. The van der Waals surface area contributed by atoms with Crippen LogP contribution in [0, 0.1) is 0 Å². The Morgan fingerprint density at radius 2 is 1.96 bits per heavy atom. The van der Waals surface area contributed by atoms with Gasteiger partial charge in [-0.15, -0.1) is 0 Å². The molecule has 1 aromatic heterocycles. The Morgan fingerprint density at radius 3 is 2.54 bits per heavy atom. The number of aryl methyl sites for hydroxylation is 1. The van der Waals surface area contributed by atoms with Crippen LogP contribution in [0.25, 0.3) is 0 Å². The lowest BCUT2D eigenvalue weighted by Crippen LogP contribution is -2.51. The monoisotopic (exact) mass is 358 g/mol. The summed E-state index contributed by atoms with van der Waals surface area (Å²) in [6.07, 6.45) is 2.85. The van der Waals surface area contributed by atoms with Crippen molar-refractivity contribution in [2.24, 2.45) is 0 Å². The van der Waals surface area contributed by atoms with Gasteiger partial charge in [-0.2, -0.15) is 9.40 Å². The molecule has 2 rings (SSSR count). The molecule has 2 heterocycles. The Bertz CT molecular complexity index is 692. The van der Waals surface area contributed by atoms with Gasteiger partial charge in [0.15, 0.2) is 12.3 Å². The van der Waals surface area contributed by atoms with E-state index in [2.05, 4.69) is 10.2 Å². The molecule has 0 radical (unpaired) electrons. The van der Waals surface area contributed by atoms with E-state index in [0.29, 0.717) is 0 Å². The number of nitrogens with one attached hydrogen (secondary N) is 1. The second-order valence-corrected chi connectivity index (χ2v) is 7.63. The molecule has 1 aliphatic heterocycles. The van der Waals surface area contributed by atoms with Crippen LogP contribution in [-0.2, 0) is 26.0 Å². The quantitative estimate of drug-likeness (QED) is 0.694. The molecular formula is C14H22N4O5S. The normalized spacial score (nSPS) is 16.2. The molecule has 0 aliphatic carbocycles. The Morgan fingerprint density at radius 1 is 1.29 bits per heavy atom. The van der Waals surface area contributed by atoms with Crippen LogP contribution in [0.3, 0.4) is 0 Å². The summed E-state index contributed by atoms with van der Waals surface area (Å²) < 4.78 is 29.2. The van der Waals surface area contributed by atoms with Gasteiger partial charge in [-0.3, -0.25) is 9.89 Å². The van der Waals surface area contributed by atoms with Crippen molar-refractivity contribution >= 4 is 21.9 Å². The van der Waals surface area contributed by atoms with Crippen LogP contribution in [0.2, 0.25) is 0 Å². The molecule has 134 valence electrons. The van der Waals surface area contributed by atoms with Crippen molar-refractivity contribution in [2.75, 3.05) is 39.0 Å². The van der Waals surface area contributed by atoms with Gasteiger partial charge in [0, 0.05) is 31.9 Å². The average molecular weight is 358 g/mol. The summed E-state index contributed by atoms with van der Waals surface area (Å²) >= 11 is 0. The number of aromatic nitrogens is 2. The number of carbonyl (C=O) groups excluding carboxylic acids is 2. The van der Waals surface area contributed by atoms with Gasteiger partial charge in [-0.05, 0) is 12.5 Å². The smallest absolute Gasteiger partial charge is 0.359 e. The van der Waals surface area contributed by atoms with Gasteiger partial charge in [0.2, 0.25) is 10.0 Å². The van der Waals surface area contributed by atoms with E-state index < -0.39 is 16.0 Å². The van der Waals surface area contributed by atoms with Crippen molar-refractivity contribution in [1.82, 2.24) is 19.4 Å². The lowest BCUT2D eigenvalue weighted by atomic mass is 10.2. The number of ether oxygens (including phenoxy) is 1. The van der Waals surface area contributed by atoms with E-state index in [1.165, 1.54) is 9.21 Å². The molecule has 1 aliphatic rings. The molecule has 1 saturated heterocycles. The van der Waals surface area contributed by atoms with E-state index in [1.54, 1.807) is 6.07 Å². The third-order valence-corrected chi connectivity index (χ3v) is 5.05. The zero-order valence-corrected chi connectivity index (χ0v) is 14.6. The lowest BCUT2D eigenvalue weighted by molar-refractivity contribution is -0.135. The minimum absolute atomic E-state index is 0.146. The maximum absolute atomic E-state index is 12.1. The minimum atomic E-state index is -3.24. The van der Waals surface area contributed by atoms with E-state index in [9.17, 15) is 18.0 Å². The molecule has 0 spiro atoms. The van der Waals surface area contributed by atoms with Crippen molar-refractivity contribution in [2.45, 2.75) is 19.8 Å². The van der Waals surface area contributed by atoms with Crippen LogP contribution < -0.4 is 0 Å². The van der Waals surface area contributed by atoms with Gasteiger partial charge in [-0.25, -0.2) is 13.2 Å². The summed E-state index contributed by atoms with van der Waals surface area (Å²) in [5, 5.41) is 6.61. The highest BCUT2D eigenvalue weighted by Gasteiger charge is 2.26. The van der Waals surface area contributed by atoms with Crippen LogP contribution in [0.15, 0.2) is 6.07 Å². The van der Waals surface area contributed by atoms with E-state index in [-0.39, 0.29) is 44.4 Å². The van der Waals surface area contributed by atoms with Crippen LogP contribution in [0.5, 0.6) is 0 Å². The third kappa shape index (κ3) is 4.78. The van der Waals surface area contributed by atoms with Crippen molar-refractivity contribution in [1.29, 1.82) is 0 Å². The number of hydrogen-bond acceptors (Lipinski definition) is 6. The molecule has 1 aromatic rings. The SMILES string of the molecule is CCCc1cc(C(=O)OCC(=O)N2CCN(S(C)(=O)=O)CC2)n[nH]1. The zero-order chi connectivity index (χ0) is 17.7. The molecule has 1 N–H and O–H groups in total. The first-order valence-corrected chi connectivity index (χ1v) is 9.60.